The summed E-state index contributed by atoms with van der Waals surface area (Å²) >= 11 is 0. The van der Waals surface area contributed by atoms with Crippen LogP contribution in [0.3, 0.4) is 0 Å². The lowest BCUT2D eigenvalue weighted by Gasteiger charge is -2.20. The van der Waals surface area contributed by atoms with Crippen molar-refractivity contribution in [2.75, 3.05) is 18.5 Å². The van der Waals surface area contributed by atoms with Crippen LogP contribution in [0.25, 0.3) is 0 Å². The van der Waals surface area contributed by atoms with Gasteiger partial charge in [-0.3, -0.25) is 0 Å². The Morgan fingerprint density at radius 1 is 1.47 bits per heavy atom. The predicted octanol–water partition coefficient (Wildman–Crippen LogP) is 2.49. The second-order valence-corrected chi connectivity index (χ2v) is 4.02. The van der Waals surface area contributed by atoms with Crippen LogP contribution in [0, 0.1) is 0 Å². The highest BCUT2D eigenvalue weighted by atomic mass is 19.4. The molecule has 0 aliphatic carbocycles. The minimum absolute atomic E-state index is 0.112. The zero-order chi connectivity index (χ0) is 13.1. The maximum atomic E-state index is 12.1. The van der Waals surface area contributed by atoms with Gasteiger partial charge >= 0.3 is 6.18 Å². The van der Waals surface area contributed by atoms with Crippen molar-refractivity contribution in [1.29, 1.82) is 0 Å². The highest BCUT2D eigenvalue weighted by Gasteiger charge is 2.27. The Kier molecular flexibility index (Phi) is 4.34. The Labute approximate surface area is 98.4 Å². The summed E-state index contributed by atoms with van der Waals surface area (Å²) in [5.41, 5.74) is 6.56. The number of halogens is 3. The van der Waals surface area contributed by atoms with Crippen molar-refractivity contribution in [2.24, 2.45) is 5.73 Å². The summed E-state index contributed by atoms with van der Waals surface area (Å²) < 4.78 is 36.2. The van der Waals surface area contributed by atoms with Crippen LogP contribution in [0.2, 0.25) is 0 Å². The second kappa shape index (κ2) is 5.35. The van der Waals surface area contributed by atoms with Gasteiger partial charge in [0.1, 0.15) is 5.82 Å². The smallest absolute Gasteiger partial charge is 0.359 e. The molecule has 1 rings (SSSR count). The minimum Gasteiger partial charge on any atom is -0.359 e. The topological polar surface area (TPSA) is 42.1 Å². The van der Waals surface area contributed by atoms with Crippen molar-refractivity contribution >= 4 is 5.82 Å². The van der Waals surface area contributed by atoms with E-state index in [1.165, 1.54) is 4.90 Å². The van der Waals surface area contributed by atoms with Crippen LogP contribution in [0.4, 0.5) is 19.0 Å². The van der Waals surface area contributed by atoms with Crippen LogP contribution in [0.15, 0.2) is 18.3 Å². The van der Waals surface area contributed by atoms with E-state index >= 15 is 0 Å². The number of rotatable bonds is 4. The van der Waals surface area contributed by atoms with E-state index < -0.39 is 12.6 Å². The number of nitrogens with two attached hydrogens (primary N) is 1. The first-order chi connectivity index (χ1) is 7.79. The molecule has 0 spiro atoms. The Balaban J connectivity index is 2.69. The molecule has 0 saturated heterocycles. The summed E-state index contributed by atoms with van der Waals surface area (Å²) in [6.45, 7) is 1.70. The van der Waals surface area contributed by atoms with E-state index in [0.29, 0.717) is 5.82 Å². The average molecular weight is 247 g/mol. The van der Waals surface area contributed by atoms with Gasteiger partial charge in [-0.05, 0) is 24.6 Å². The van der Waals surface area contributed by atoms with E-state index in [9.17, 15) is 13.2 Å². The number of hydrogen-bond donors (Lipinski definition) is 1. The van der Waals surface area contributed by atoms with Gasteiger partial charge in [0.25, 0.3) is 0 Å². The van der Waals surface area contributed by atoms with Gasteiger partial charge in [-0.2, -0.15) is 13.2 Å². The van der Waals surface area contributed by atoms with Crippen molar-refractivity contribution in [3.8, 4) is 0 Å². The second-order valence-electron chi connectivity index (χ2n) is 4.02. The van der Waals surface area contributed by atoms with Gasteiger partial charge < -0.3 is 10.6 Å². The van der Waals surface area contributed by atoms with Crippen LogP contribution >= 0.6 is 0 Å². The van der Waals surface area contributed by atoms with E-state index in [2.05, 4.69) is 4.98 Å². The van der Waals surface area contributed by atoms with Gasteiger partial charge in [0.2, 0.25) is 0 Å². The Morgan fingerprint density at radius 2 is 2.12 bits per heavy atom. The number of hydrogen-bond acceptors (Lipinski definition) is 3. The molecule has 0 amide bonds. The molecule has 0 aliphatic heterocycles. The van der Waals surface area contributed by atoms with Crippen molar-refractivity contribution in [3.05, 3.63) is 23.9 Å². The molecule has 0 fully saturated rings. The van der Waals surface area contributed by atoms with E-state index in [1.807, 2.05) is 6.92 Å². The minimum atomic E-state index is -4.15. The third-order valence-electron chi connectivity index (χ3n) is 2.42. The van der Waals surface area contributed by atoms with Crippen LogP contribution in [0.5, 0.6) is 0 Å². The molecule has 0 radical (unpaired) electrons. The fourth-order valence-electron chi connectivity index (χ4n) is 1.34. The molecule has 1 aromatic rings. The molecule has 1 atom stereocenters. The van der Waals surface area contributed by atoms with Gasteiger partial charge in [-0.25, -0.2) is 4.98 Å². The summed E-state index contributed by atoms with van der Waals surface area (Å²) in [5, 5.41) is 0. The lowest BCUT2D eigenvalue weighted by Crippen LogP contribution is -2.25. The lowest BCUT2D eigenvalue weighted by atomic mass is 10.1. The molecule has 2 N–H and O–H groups in total. The molecule has 6 heteroatoms. The molecule has 0 saturated carbocycles. The summed E-state index contributed by atoms with van der Waals surface area (Å²) in [7, 11) is 1.58. The van der Waals surface area contributed by atoms with E-state index in [1.54, 1.807) is 25.4 Å². The molecule has 3 nitrogen and oxygen atoms in total. The van der Waals surface area contributed by atoms with Gasteiger partial charge in [0.15, 0.2) is 0 Å². The third kappa shape index (κ3) is 4.60. The van der Waals surface area contributed by atoms with E-state index in [4.69, 9.17) is 5.73 Å². The zero-order valence-corrected chi connectivity index (χ0v) is 9.83. The van der Waals surface area contributed by atoms with E-state index in [0.717, 1.165) is 5.56 Å². The SMILES string of the molecule is C[C@H](N)c1ccnc(N(C)CCC(F)(F)F)c1. The number of anilines is 1. The number of aromatic nitrogens is 1. The zero-order valence-electron chi connectivity index (χ0n) is 9.83. The molecule has 0 unspecified atom stereocenters. The first kappa shape index (κ1) is 13.8. The molecular formula is C11H16F3N3. The van der Waals surface area contributed by atoms with Gasteiger partial charge in [-0.15, -0.1) is 0 Å². The van der Waals surface area contributed by atoms with Gasteiger partial charge in [0, 0.05) is 25.8 Å². The fourth-order valence-corrected chi connectivity index (χ4v) is 1.34. The molecule has 96 valence electrons. The van der Waals surface area contributed by atoms with Crippen molar-refractivity contribution in [2.45, 2.75) is 25.6 Å². The molecule has 0 bridgehead atoms. The average Bonchev–Trinajstić information content (AvgIpc) is 2.25. The fraction of sp³-hybridized carbons (Fsp3) is 0.545. The maximum Gasteiger partial charge on any atom is 0.390 e. The molecule has 1 heterocycles. The van der Waals surface area contributed by atoms with Crippen molar-refractivity contribution in [3.63, 3.8) is 0 Å². The molecule has 0 aromatic carbocycles. The molecule has 0 aliphatic rings. The quantitative estimate of drug-likeness (QED) is 0.888. The Morgan fingerprint density at radius 3 is 2.65 bits per heavy atom. The number of pyridine rings is 1. The van der Waals surface area contributed by atoms with Crippen LogP contribution in [-0.4, -0.2) is 24.8 Å². The molecular weight excluding hydrogens is 231 g/mol. The summed E-state index contributed by atoms with van der Waals surface area (Å²) in [6, 6.07) is 3.31. The van der Waals surface area contributed by atoms with Crippen LogP contribution < -0.4 is 10.6 Å². The summed E-state index contributed by atoms with van der Waals surface area (Å²) in [5.74, 6) is 0.504. The monoisotopic (exact) mass is 247 g/mol. The van der Waals surface area contributed by atoms with Crippen molar-refractivity contribution < 1.29 is 13.2 Å². The van der Waals surface area contributed by atoms with Crippen LogP contribution in [-0.2, 0) is 0 Å². The van der Waals surface area contributed by atoms with Crippen molar-refractivity contribution in [1.82, 2.24) is 4.98 Å². The first-order valence-electron chi connectivity index (χ1n) is 5.29. The third-order valence-corrected chi connectivity index (χ3v) is 2.42. The lowest BCUT2D eigenvalue weighted by molar-refractivity contribution is -0.132. The maximum absolute atomic E-state index is 12.1. The summed E-state index contributed by atoms with van der Waals surface area (Å²) in [4.78, 5) is 5.50. The van der Waals surface area contributed by atoms with Crippen LogP contribution in [0.1, 0.15) is 24.9 Å². The van der Waals surface area contributed by atoms with E-state index in [-0.39, 0.29) is 12.6 Å². The highest BCUT2D eigenvalue weighted by Crippen LogP contribution is 2.21. The highest BCUT2D eigenvalue weighted by molar-refractivity contribution is 5.40. The number of alkyl halides is 3. The predicted molar refractivity (Wildman–Crippen MR) is 60.8 cm³/mol. The molecule has 17 heavy (non-hydrogen) atoms. The van der Waals surface area contributed by atoms with Gasteiger partial charge in [-0.1, -0.05) is 0 Å². The normalized spacial score (nSPS) is 13.5. The standard InChI is InChI=1S/C11H16F3N3/c1-8(15)9-3-5-16-10(7-9)17(2)6-4-11(12,13)14/h3,5,7-8H,4,6,15H2,1-2H3/t8-/m0/s1. The number of nitrogens with zero attached hydrogens (tertiary/aromatic N) is 2. The molecule has 1 aromatic heterocycles. The first-order valence-corrected chi connectivity index (χ1v) is 5.29. The summed E-state index contributed by atoms with van der Waals surface area (Å²) in [6.07, 6.45) is -3.45. The Bertz CT molecular complexity index is 363. The largest absolute Gasteiger partial charge is 0.390 e. The van der Waals surface area contributed by atoms with Gasteiger partial charge in [0.05, 0.1) is 6.42 Å². The Hall–Kier alpha value is -1.30.